The molecule has 3 aromatic rings. The number of hydrogen-bond donors (Lipinski definition) is 2. The third-order valence-electron chi connectivity index (χ3n) is 8.61. The molecule has 4 saturated carbocycles. The van der Waals surface area contributed by atoms with Crippen LogP contribution in [0.3, 0.4) is 0 Å². The van der Waals surface area contributed by atoms with Gasteiger partial charge in [0.05, 0.1) is 30.7 Å². The summed E-state index contributed by atoms with van der Waals surface area (Å²) in [5, 5.41) is 9.18. The molecule has 1 heterocycles. The Morgan fingerprint density at radius 2 is 1.68 bits per heavy atom. The van der Waals surface area contributed by atoms with Crippen molar-refractivity contribution in [1.82, 2.24) is 9.97 Å². The van der Waals surface area contributed by atoms with E-state index in [9.17, 15) is 9.90 Å². The van der Waals surface area contributed by atoms with Gasteiger partial charge in [-0.15, -0.1) is 0 Å². The Kier molecular flexibility index (Phi) is 6.51. The lowest BCUT2D eigenvalue weighted by Crippen LogP contribution is -2.48. The summed E-state index contributed by atoms with van der Waals surface area (Å²) in [4.78, 5) is 19.2. The van der Waals surface area contributed by atoms with Gasteiger partial charge in [-0.25, -0.2) is 9.78 Å². The topological polar surface area (TPSA) is 93.7 Å². The lowest BCUT2D eigenvalue weighted by Gasteiger charge is -2.57. The summed E-state index contributed by atoms with van der Waals surface area (Å²) in [5.74, 6) is 3.19. The fourth-order valence-corrected chi connectivity index (χ4v) is 7.37. The quantitative estimate of drug-likeness (QED) is 0.264. The maximum Gasteiger partial charge on any atom is 0.335 e. The van der Waals surface area contributed by atoms with Crippen molar-refractivity contribution in [3.63, 3.8) is 0 Å². The Hall–Kier alpha value is -3.16. The molecule has 0 radical (unpaired) electrons. The van der Waals surface area contributed by atoms with Crippen LogP contribution in [0.2, 0.25) is 0 Å². The number of hydrogen-bond acceptors (Lipinski definition) is 5. The normalized spacial score (nSPS) is 25.9. The summed E-state index contributed by atoms with van der Waals surface area (Å²) in [6.07, 6.45) is 9.75. The average molecular weight is 503 g/mol. The standard InChI is InChI=1S/C30H34N2O5/c1-35-8-9-36-18-37-27-7-6-24(13-25(27)30-14-19-10-20(15-30)12-21(11-19)16-30)26-17-31-28(32-26)22-2-4-23(5-3-22)29(33)34/h2-7,13,17,19-21H,8-12,14-16,18H2,1H3,(H,31,32)(H,33,34). The first-order valence-corrected chi connectivity index (χ1v) is 13.3. The molecule has 194 valence electrons. The number of aromatic nitrogens is 2. The van der Waals surface area contributed by atoms with Crippen molar-refractivity contribution in [3.8, 4) is 28.4 Å². The van der Waals surface area contributed by atoms with Gasteiger partial charge < -0.3 is 24.3 Å². The number of imidazole rings is 1. The number of aromatic amines is 1. The molecule has 7 rings (SSSR count). The summed E-state index contributed by atoms with van der Waals surface area (Å²) in [5.41, 5.74) is 4.61. The number of H-pyrrole nitrogens is 1. The number of carbonyl (C=O) groups is 1. The zero-order chi connectivity index (χ0) is 25.4. The van der Waals surface area contributed by atoms with Crippen LogP contribution in [-0.4, -0.2) is 48.2 Å². The highest BCUT2D eigenvalue weighted by atomic mass is 16.7. The molecule has 7 heteroatoms. The zero-order valence-electron chi connectivity index (χ0n) is 21.2. The highest BCUT2D eigenvalue weighted by Crippen LogP contribution is 2.62. The van der Waals surface area contributed by atoms with E-state index < -0.39 is 5.97 Å². The van der Waals surface area contributed by atoms with E-state index in [0.29, 0.717) is 13.2 Å². The van der Waals surface area contributed by atoms with E-state index in [-0.39, 0.29) is 17.8 Å². The minimum absolute atomic E-state index is 0.169. The first kappa shape index (κ1) is 24.2. The third kappa shape index (κ3) is 4.78. The molecule has 0 amide bonds. The first-order chi connectivity index (χ1) is 18.0. The largest absolute Gasteiger partial charge is 0.478 e. The number of rotatable bonds is 10. The van der Waals surface area contributed by atoms with Gasteiger partial charge in [0.25, 0.3) is 0 Å². The van der Waals surface area contributed by atoms with Crippen LogP contribution >= 0.6 is 0 Å². The van der Waals surface area contributed by atoms with Gasteiger partial charge in [-0.2, -0.15) is 0 Å². The number of aromatic carboxylic acids is 1. The van der Waals surface area contributed by atoms with Gasteiger partial charge in [0.1, 0.15) is 11.6 Å². The number of benzene rings is 2. The average Bonchev–Trinajstić information content (AvgIpc) is 3.38. The Bertz CT molecular complexity index is 1230. The molecule has 4 fully saturated rings. The predicted molar refractivity (Wildman–Crippen MR) is 140 cm³/mol. The highest BCUT2D eigenvalue weighted by Gasteiger charge is 2.52. The lowest BCUT2D eigenvalue weighted by atomic mass is 9.48. The summed E-state index contributed by atoms with van der Waals surface area (Å²) >= 11 is 0. The van der Waals surface area contributed by atoms with Crippen molar-refractivity contribution in [1.29, 1.82) is 0 Å². The maximum absolute atomic E-state index is 11.2. The van der Waals surface area contributed by atoms with E-state index in [0.717, 1.165) is 46.1 Å². The van der Waals surface area contributed by atoms with Crippen LogP contribution in [0.1, 0.15) is 54.4 Å². The Balaban J connectivity index is 1.30. The summed E-state index contributed by atoms with van der Waals surface area (Å²) in [6, 6.07) is 13.3. The SMILES string of the molecule is COCCOCOc1ccc(-c2cnc(-c3ccc(C(=O)O)cc3)[nH]2)cc1C12CC3CC(CC(C3)C1)C2. The molecule has 0 spiro atoms. The van der Waals surface area contributed by atoms with Crippen molar-refractivity contribution in [2.75, 3.05) is 27.1 Å². The molecule has 2 N–H and O–H groups in total. The molecule has 0 atom stereocenters. The number of nitrogens with one attached hydrogen (secondary N) is 1. The lowest BCUT2D eigenvalue weighted by molar-refractivity contribution is -0.0189. The van der Waals surface area contributed by atoms with Crippen LogP contribution in [-0.2, 0) is 14.9 Å². The van der Waals surface area contributed by atoms with Crippen LogP contribution in [0.5, 0.6) is 5.75 Å². The smallest absolute Gasteiger partial charge is 0.335 e. The predicted octanol–water partition coefficient (Wildman–Crippen LogP) is 5.91. The van der Waals surface area contributed by atoms with Crippen LogP contribution in [0.4, 0.5) is 0 Å². The van der Waals surface area contributed by atoms with Crippen molar-refractivity contribution < 1.29 is 24.1 Å². The molecule has 4 aliphatic rings. The number of carboxylic acid groups (broad SMARTS) is 1. The number of methoxy groups -OCH3 is 1. The molecule has 4 bridgehead atoms. The molecule has 7 nitrogen and oxygen atoms in total. The van der Waals surface area contributed by atoms with Crippen molar-refractivity contribution in [2.45, 2.75) is 43.9 Å². The van der Waals surface area contributed by atoms with Crippen molar-refractivity contribution in [2.24, 2.45) is 17.8 Å². The molecular formula is C30H34N2O5. The molecule has 4 aliphatic carbocycles. The molecule has 0 aliphatic heterocycles. The number of ether oxygens (including phenoxy) is 3. The van der Waals surface area contributed by atoms with Gasteiger partial charge in [-0.05, 0) is 92.0 Å². The van der Waals surface area contributed by atoms with Gasteiger partial charge in [0.2, 0.25) is 0 Å². The second-order valence-electron chi connectivity index (χ2n) is 11.1. The van der Waals surface area contributed by atoms with E-state index in [2.05, 4.69) is 28.2 Å². The van der Waals surface area contributed by atoms with E-state index in [4.69, 9.17) is 14.2 Å². The molecule has 37 heavy (non-hydrogen) atoms. The van der Waals surface area contributed by atoms with Crippen molar-refractivity contribution in [3.05, 3.63) is 59.8 Å². The Labute approximate surface area is 217 Å². The maximum atomic E-state index is 11.2. The summed E-state index contributed by atoms with van der Waals surface area (Å²) < 4.78 is 16.9. The van der Waals surface area contributed by atoms with Gasteiger partial charge >= 0.3 is 5.97 Å². The van der Waals surface area contributed by atoms with E-state index in [1.807, 2.05) is 6.20 Å². The molecule has 0 unspecified atom stereocenters. The minimum atomic E-state index is -0.935. The van der Waals surface area contributed by atoms with Crippen LogP contribution in [0.15, 0.2) is 48.7 Å². The van der Waals surface area contributed by atoms with E-state index >= 15 is 0 Å². The summed E-state index contributed by atoms with van der Waals surface area (Å²) in [6.45, 7) is 1.26. The zero-order valence-corrected chi connectivity index (χ0v) is 21.2. The van der Waals surface area contributed by atoms with Gasteiger partial charge in [-0.1, -0.05) is 12.1 Å². The van der Waals surface area contributed by atoms with Crippen LogP contribution < -0.4 is 4.74 Å². The molecular weight excluding hydrogens is 468 g/mol. The fraction of sp³-hybridized carbons (Fsp3) is 0.467. The minimum Gasteiger partial charge on any atom is -0.478 e. The van der Waals surface area contributed by atoms with Crippen LogP contribution in [0, 0.1) is 17.8 Å². The van der Waals surface area contributed by atoms with Gasteiger partial charge in [0, 0.05) is 23.8 Å². The molecule has 2 aromatic carbocycles. The van der Waals surface area contributed by atoms with Gasteiger partial charge in [-0.3, -0.25) is 0 Å². The summed E-state index contributed by atoms with van der Waals surface area (Å²) in [7, 11) is 1.67. The van der Waals surface area contributed by atoms with Gasteiger partial charge in [0.15, 0.2) is 6.79 Å². The second-order valence-corrected chi connectivity index (χ2v) is 11.1. The van der Waals surface area contributed by atoms with E-state index in [1.54, 1.807) is 31.4 Å². The van der Waals surface area contributed by atoms with Crippen molar-refractivity contribution >= 4 is 5.97 Å². The molecule has 1 aromatic heterocycles. The first-order valence-electron chi connectivity index (χ1n) is 13.3. The Morgan fingerprint density at radius 3 is 2.32 bits per heavy atom. The molecule has 0 saturated heterocycles. The third-order valence-corrected chi connectivity index (χ3v) is 8.61. The fourth-order valence-electron chi connectivity index (χ4n) is 7.37. The number of nitrogens with zero attached hydrogens (tertiary/aromatic N) is 1. The van der Waals surface area contributed by atoms with Crippen LogP contribution in [0.25, 0.3) is 22.6 Å². The number of carboxylic acids is 1. The second kappa shape index (κ2) is 9.95. The Morgan fingerprint density at radius 1 is 1.00 bits per heavy atom. The van der Waals surface area contributed by atoms with E-state index in [1.165, 1.54) is 44.1 Å². The highest BCUT2D eigenvalue weighted by molar-refractivity contribution is 5.88. The monoisotopic (exact) mass is 502 g/mol.